The molecule has 30 heavy (non-hydrogen) atoms. The number of aromatic amines is 1. The minimum absolute atomic E-state index is 0.0584. The Morgan fingerprint density at radius 2 is 1.83 bits per heavy atom. The molecule has 7 heteroatoms. The van der Waals surface area contributed by atoms with E-state index in [1.54, 1.807) is 0 Å². The molecule has 0 saturated carbocycles. The molecule has 2 aliphatic rings. The molecule has 156 valence electrons. The van der Waals surface area contributed by atoms with E-state index in [4.69, 9.17) is 11.6 Å². The van der Waals surface area contributed by atoms with Gasteiger partial charge in [0.25, 0.3) is 0 Å². The lowest BCUT2D eigenvalue weighted by molar-refractivity contribution is -0.117. The Hall–Kier alpha value is -2.57. The Bertz CT molecular complexity index is 1140. The number of H-pyrrole nitrogens is 1. The number of nitrogens with one attached hydrogen (secondary N) is 1. The van der Waals surface area contributed by atoms with Gasteiger partial charge < -0.3 is 14.8 Å². The number of rotatable bonds is 5. The van der Waals surface area contributed by atoms with Crippen molar-refractivity contribution in [1.82, 2.24) is 14.5 Å². The largest absolute Gasteiger partial charge is 0.326 e. The molecular weight excluding hydrogens is 400 g/mol. The molecule has 3 aromatic rings. The van der Waals surface area contributed by atoms with Crippen molar-refractivity contribution in [3.05, 3.63) is 63.5 Å². The van der Waals surface area contributed by atoms with Crippen molar-refractivity contribution in [2.75, 3.05) is 31.1 Å². The van der Waals surface area contributed by atoms with Crippen molar-refractivity contribution in [3.8, 4) is 0 Å². The molecule has 1 saturated heterocycles. The number of hydrogen-bond donors (Lipinski definition) is 1. The minimum atomic E-state index is -0.0584. The molecule has 5 rings (SSSR count). The number of benzene rings is 2. The summed E-state index contributed by atoms with van der Waals surface area (Å²) in [6.45, 7) is 3.65. The summed E-state index contributed by atoms with van der Waals surface area (Å²) in [6, 6.07) is 13.8. The molecule has 0 atom stereocenters. The second-order valence-corrected chi connectivity index (χ2v) is 8.68. The van der Waals surface area contributed by atoms with Crippen LogP contribution in [-0.4, -0.2) is 46.5 Å². The van der Waals surface area contributed by atoms with Crippen LogP contribution in [0.5, 0.6) is 0 Å². The highest BCUT2D eigenvalue weighted by Gasteiger charge is 2.27. The number of aromatic nitrogens is 2. The average molecular weight is 425 g/mol. The lowest BCUT2D eigenvalue weighted by atomic mass is 10.0. The zero-order valence-electron chi connectivity index (χ0n) is 16.8. The van der Waals surface area contributed by atoms with E-state index in [1.807, 2.05) is 51.9 Å². The van der Waals surface area contributed by atoms with Crippen molar-refractivity contribution < 1.29 is 4.79 Å². The second kappa shape index (κ2) is 7.93. The second-order valence-electron chi connectivity index (χ2n) is 8.24. The summed E-state index contributed by atoms with van der Waals surface area (Å²) in [4.78, 5) is 32.1. The lowest BCUT2D eigenvalue weighted by Gasteiger charge is -2.32. The number of imidazole rings is 1. The number of carbonyl (C=O) groups excluding carboxylic acids is 1. The molecule has 0 unspecified atom stereocenters. The van der Waals surface area contributed by atoms with E-state index >= 15 is 0 Å². The summed E-state index contributed by atoms with van der Waals surface area (Å²) in [5, 5.41) is 0.629. The molecule has 2 aliphatic heterocycles. The van der Waals surface area contributed by atoms with Crippen LogP contribution in [-0.2, 0) is 11.2 Å². The summed E-state index contributed by atoms with van der Waals surface area (Å²) in [7, 11) is 0. The monoisotopic (exact) mass is 424 g/mol. The van der Waals surface area contributed by atoms with Gasteiger partial charge in [-0.3, -0.25) is 9.36 Å². The number of carbonyl (C=O) groups is 1. The maximum Gasteiger partial charge on any atom is 0.326 e. The van der Waals surface area contributed by atoms with Gasteiger partial charge in [-0.15, -0.1) is 0 Å². The van der Waals surface area contributed by atoms with E-state index in [2.05, 4.69) is 9.88 Å². The van der Waals surface area contributed by atoms with Gasteiger partial charge in [0.15, 0.2) is 0 Å². The van der Waals surface area contributed by atoms with E-state index in [9.17, 15) is 9.59 Å². The fraction of sp³-hybridized carbons (Fsp3) is 0.391. The van der Waals surface area contributed by atoms with Crippen molar-refractivity contribution >= 4 is 34.2 Å². The summed E-state index contributed by atoms with van der Waals surface area (Å²) >= 11 is 6.06. The number of hydrogen-bond acceptors (Lipinski definition) is 3. The first kappa shape index (κ1) is 19.4. The van der Waals surface area contributed by atoms with Gasteiger partial charge in [0, 0.05) is 36.4 Å². The van der Waals surface area contributed by atoms with Crippen LogP contribution in [0.25, 0.3) is 11.0 Å². The summed E-state index contributed by atoms with van der Waals surface area (Å²) in [5.74, 6) is 0.203. The van der Waals surface area contributed by atoms with Gasteiger partial charge in [-0.25, -0.2) is 4.79 Å². The minimum Gasteiger partial charge on any atom is -0.312 e. The van der Waals surface area contributed by atoms with Crippen LogP contribution in [0.2, 0.25) is 5.02 Å². The third kappa shape index (κ3) is 3.55. The third-order valence-electron chi connectivity index (χ3n) is 6.38. The first-order valence-electron chi connectivity index (χ1n) is 10.6. The topological polar surface area (TPSA) is 61.3 Å². The van der Waals surface area contributed by atoms with E-state index in [0.29, 0.717) is 11.4 Å². The average Bonchev–Trinajstić information content (AvgIpc) is 3.23. The molecular formula is C23H25ClN4O2. The molecule has 1 aromatic heterocycles. The van der Waals surface area contributed by atoms with Crippen LogP contribution >= 0.6 is 11.6 Å². The molecule has 0 aliphatic carbocycles. The maximum absolute atomic E-state index is 12.5. The zero-order chi connectivity index (χ0) is 20.7. The molecule has 0 spiro atoms. The number of amides is 1. The predicted molar refractivity (Wildman–Crippen MR) is 119 cm³/mol. The van der Waals surface area contributed by atoms with Crippen LogP contribution in [0.4, 0.5) is 5.69 Å². The van der Waals surface area contributed by atoms with E-state index in [0.717, 1.165) is 67.7 Å². The van der Waals surface area contributed by atoms with Crippen LogP contribution in [0, 0.1) is 0 Å². The highest BCUT2D eigenvalue weighted by molar-refractivity contribution is 6.31. The van der Waals surface area contributed by atoms with Crippen LogP contribution in [0.3, 0.4) is 0 Å². The van der Waals surface area contributed by atoms with Gasteiger partial charge >= 0.3 is 5.69 Å². The smallest absolute Gasteiger partial charge is 0.312 e. The number of para-hydroxylation sites is 1. The first-order valence-corrected chi connectivity index (χ1v) is 11.0. The molecule has 2 aromatic carbocycles. The normalized spacial score (nSPS) is 17.8. The quantitative estimate of drug-likeness (QED) is 0.680. The number of likely N-dealkylation sites (tertiary alicyclic amines) is 1. The van der Waals surface area contributed by atoms with Gasteiger partial charge in [-0.2, -0.15) is 0 Å². The molecule has 1 fully saturated rings. The van der Waals surface area contributed by atoms with E-state index < -0.39 is 0 Å². The predicted octanol–water partition coefficient (Wildman–Crippen LogP) is 3.60. The Morgan fingerprint density at radius 1 is 1.03 bits per heavy atom. The van der Waals surface area contributed by atoms with Gasteiger partial charge in [0.05, 0.1) is 17.5 Å². The van der Waals surface area contributed by atoms with Gasteiger partial charge in [0.2, 0.25) is 5.91 Å². The van der Waals surface area contributed by atoms with Gasteiger partial charge in [0.1, 0.15) is 0 Å². The number of anilines is 1. The molecule has 0 radical (unpaired) electrons. The van der Waals surface area contributed by atoms with E-state index in [1.165, 1.54) is 0 Å². The van der Waals surface area contributed by atoms with Crippen molar-refractivity contribution in [1.29, 1.82) is 0 Å². The van der Waals surface area contributed by atoms with Crippen LogP contribution in [0.1, 0.15) is 30.9 Å². The van der Waals surface area contributed by atoms with Gasteiger partial charge in [-0.1, -0.05) is 29.8 Å². The molecule has 1 amide bonds. The summed E-state index contributed by atoms with van der Waals surface area (Å²) < 4.78 is 1.89. The molecule has 3 heterocycles. The first-order chi connectivity index (χ1) is 14.6. The number of halogens is 1. The summed E-state index contributed by atoms with van der Waals surface area (Å²) in [6.07, 6.45) is 3.37. The number of piperidine rings is 1. The third-order valence-corrected chi connectivity index (χ3v) is 6.62. The van der Waals surface area contributed by atoms with Crippen molar-refractivity contribution in [2.45, 2.75) is 31.7 Å². The summed E-state index contributed by atoms with van der Waals surface area (Å²) in [5.41, 5.74) is 3.87. The SMILES string of the molecule is O=C1Cc2ccccc2N1CCCN1CCC(n2c(=O)[nH]c3cc(Cl)ccc32)CC1. The fourth-order valence-electron chi connectivity index (χ4n) is 4.88. The Balaban J connectivity index is 1.17. The molecule has 1 N–H and O–H groups in total. The zero-order valence-corrected chi connectivity index (χ0v) is 17.6. The highest BCUT2D eigenvalue weighted by atomic mass is 35.5. The lowest BCUT2D eigenvalue weighted by Crippen LogP contribution is -2.38. The van der Waals surface area contributed by atoms with E-state index in [-0.39, 0.29) is 17.6 Å². The van der Waals surface area contributed by atoms with Crippen LogP contribution < -0.4 is 10.6 Å². The standard InChI is InChI=1S/C23H25ClN4O2/c24-17-6-7-21-19(15-17)25-23(30)28(21)18-8-12-26(13-9-18)10-3-11-27-20-5-2-1-4-16(20)14-22(27)29/h1-2,4-7,15,18H,3,8-14H2,(H,25,30). The highest BCUT2D eigenvalue weighted by Crippen LogP contribution is 2.29. The molecule has 0 bridgehead atoms. The Morgan fingerprint density at radius 3 is 2.67 bits per heavy atom. The Labute approximate surface area is 180 Å². The maximum atomic E-state index is 12.5. The van der Waals surface area contributed by atoms with Gasteiger partial charge in [-0.05, 0) is 55.6 Å². The van der Waals surface area contributed by atoms with Crippen molar-refractivity contribution in [2.24, 2.45) is 0 Å². The van der Waals surface area contributed by atoms with Crippen LogP contribution in [0.15, 0.2) is 47.3 Å². The number of fused-ring (bicyclic) bond motifs is 2. The van der Waals surface area contributed by atoms with Crippen molar-refractivity contribution in [3.63, 3.8) is 0 Å². The number of nitrogens with zero attached hydrogens (tertiary/aromatic N) is 3. The molecule has 6 nitrogen and oxygen atoms in total. The Kier molecular flexibility index (Phi) is 5.13. The fourth-order valence-corrected chi connectivity index (χ4v) is 5.05.